The van der Waals surface area contributed by atoms with Crippen molar-refractivity contribution in [2.45, 2.75) is 24.5 Å². The van der Waals surface area contributed by atoms with Gasteiger partial charge < -0.3 is 24.6 Å². The quantitative estimate of drug-likeness (QED) is 0.736. The molecule has 19 heavy (non-hydrogen) atoms. The standard InChI is InChI=1S/C13H14FNO4/c14-8-2-1-7-3-4-15(9(7)5-8)13-12(18)11(17)10(6-16)19-13/h1-5,10-13,16-18H,6H2. The molecule has 5 nitrogen and oxygen atoms in total. The number of rotatable bonds is 2. The molecule has 0 spiro atoms. The van der Waals surface area contributed by atoms with E-state index in [-0.39, 0.29) is 12.4 Å². The summed E-state index contributed by atoms with van der Waals surface area (Å²) in [6.45, 7) is -0.387. The average Bonchev–Trinajstić information content (AvgIpc) is 2.92. The van der Waals surface area contributed by atoms with E-state index in [4.69, 9.17) is 9.84 Å². The predicted molar refractivity (Wildman–Crippen MR) is 64.9 cm³/mol. The summed E-state index contributed by atoms with van der Waals surface area (Å²) in [4.78, 5) is 0. The maximum Gasteiger partial charge on any atom is 0.163 e. The van der Waals surface area contributed by atoms with Crippen LogP contribution in [0.2, 0.25) is 0 Å². The van der Waals surface area contributed by atoms with Crippen molar-refractivity contribution < 1.29 is 24.4 Å². The first-order valence-electron chi connectivity index (χ1n) is 6.00. The maximum atomic E-state index is 13.3. The van der Waals surface area contributed by atoms with Crippen molar-refractivity contribution in [3.8, 4) is 0 Å². The largest absolute Gasteiger partial charge is 0.394 e. The number of aromatic nitrogens is 1. The number of hydrogen-bond acceptors (Lipinski definition) is 4. The molecule has 0 aliphatic carbocycles. The van der Waals surface area contributed by atoms with E-state index < -0.39 is 24.5 Å². The van der Waals surface area contributed by atoms with Crippen LogP contribution in [0, 0.1) is 5.82 Å². The summed E-state index contributed by atoms with van der Waals surface area (Å²) < 4.78 is 20.3. The van der Waals surface area contributed by atoms with Crippen LogP contribution < -0.4 is 0 Å². The number of aliphatic hydroxyl groups excluding tert-OH is 3. The maximum absolute atomic E-state index is 13.3. The molecule has 1 fully saturated rings. The molecule has 0 bridgehead atoms. The molecule has 0 saturated carbocycles. The first-order valence-corrected chi connectivity index (χ1v) is 6.00. The molecule has 1 aliphatic rings. The van der Waals surface area contributed by atoms with Gasteiger partial charge >= 0.3 is 0 Å². The zero-order chi connectivity index (χ0) is 13.6. The molecule has 6 heteroatoms. The van der Waals surface area contributed by atoms with Gasteiger partial charge in [0, 0.05) is 6.20 Å². The first-order chi connectivity index (χ1) is 9.11. The zero-order valence-electron chi connectivity index (χ0n) is 9.98. The Morgan fingerprint density at radius 2 is 2.00 bits per heavy atom. The van der Waals surface area contributed by atoms with Crippen LogP contribution >= 0.6 is 0 Å². The Balaban J connectivity index is 2.03. The van der Waals surface area contributed by atoms with Crippen LogP contribution in [0.3, 0.4) is 0 Å². The minimum Gasteiger partial charge on any atom is -0.394 e. The fourth-order valence-corrected chi connectivity index (χ4v) is 2.45. The van der Waals surface area contributed by atoms with Gasteiger partial charge in [-0.25, -0.2) is 4.39 Å². The van der Waals surface area contributed by atoms with Crippen LogP contribution in [0.1, 0.15) is 6.23 Å². The lowest BCUT2D eigenvalue weighted by Crippen LogP contribution is -2.33. The number of hydrogen-bond donors (Lipinski definition) is 3. The molecule has 0 radical (unpaired) electrons. The van der Waals surface area contributed by atoms with Gasteiger partial charge in [0.05, 0.1) is 12.1 Å². The van der Waals surface area contributed by atoms with Gasteiger partial charge in [0.1, 0.15) is 24.1 Å². The van der Waals surface area contributed by atoms with Crippen molar-refractivity contribution in [1.82, 2.24) is 4.57 Å². The number of halogens is 1. The van der Waals surface area contributed by atoms with Gasteiger partial charge in [0.2, 0.25) is 0 Å². The lowest BCUT2D eigenvalue weighted by atomic mass is 10.1. The van der Waals surface area contributed by atoms with Gasteiger partial charge in [0.15, 0.2) is 6.23 Å². The van der Waals surface area contributed by atoms with E-state index in [9.17, 15) is 14.6 Å². The smallest absolute Gasteiger partial charge is 0.163 e. The van der Waals surface area contributed by atoms with E-state index in [0.29, 0.717) is 5.52 Å². The van der Waals surface area contributed by atoms with E-state index in [1.54, 1.807) is 22.9 Å². The Bertz CT molecular complexity index is 599. The summed E-state index contributed by atoms with van der Waals surface area (Å²) >= 11 is 0. The highest BCUT2D eigenvalue weighted by Crippen LogP contribution is 2.32. The predicted octanol–water partition coefficient (Wildman–Crippen LogP) is 0.392. The normalized spacial score (nSPS) is 31.2. The Kier molecular flexibility index (Phi) is 3.02. The third kappa shape index (κ3) is 1.93. The summed E-state index contributed by atoms with van der Waals surface area (Å²) in [7, 11) is 0. The van der Waals surface area contributed by atoms with Crippen molar-refractivity contribution >= 4 is 10.9 Å². The minimum absolute atomic E-state index is 0.387. The van der Waals surface area contributed by atoms with Gasteiger partial charge in [-0.3, -0.25) is 0 Å². The number of ether oxygens (including phenoxy) is 1. The molecule has 1 aromatic carbocycles. The van der Waals surface area contributed by atoms with E-state index >= 15 is 0 Å². The second kappa shape index (κ2) is 4.57. The molecular formula is C13H14FNO4. The summed E-state index contributed by atoms with van der Waals surface area (Å²) in [5.41, 5.74) is 0.565. The Morgan fingerprint density at radius 3 is 2.68 bits per heavy atom. The van der Waals surface area contributed by atoms with E-state index in [1.165, 1.54) is 12.1 Å². The van der Waals surface area contributed by atoms with E-state index in [1.807, 2.05) is 0 Å². The molecule has 4 atom stereocenters. The fourth-order valence-electron chi connectivity index (χ4n) is 2.45. The Hall–Kier alpha value is -1.47. The molecule has 1 aromatic heterocycles. The van der Waals surface area contributed by atoms with Gasteiger partial charge in [-0.2, -0.15) is 0 Å². The highest BCUT2D eigenvalue weighted by atomic mass is 19.1. The Morgan fingerprint density at radius 1 is 1.21 bits per heavy atom. The Labute approximate surface area is 108 Å². The molecular weight excluding hydrogens is 253 g/mol. The van der Waals surface area contributed by atoms with Crippen LogP contribution in [0.25, 0.3) is 10.9 Å². The molecule has 2 aromatic rings. The number of aliphatic hydroxyl groups is 3. The fraction of sp³-hybridized carbons (Fsp3) is 0.385. The SMILES string of the molecule is OCC1OC(n2ccc3ccc(F)cc32)C(O)C1O. The van der Waals surface area contributed by atoms with Crippen molar-refractivity contribution in [2.24, 2.45) is 0 Å². The summed E-state index contributed by atoms with van der Waals surface area (Å²) in [6.07, 6.45) is -2.36. The minimum atomic E-state index is -1.17. The molecule has 1 aliphatic heterocycles. The first kappa shape index (κ1) is 12.6. The van der Waals surface area contributed by atoms with Crippen LogP contribution in [0.4, 0.5) is 4.39 Å². The third-order valence-corrected chi connectivity index (χ3v) is 3.48. The van der Waals surface area contributed by atoms with Gasteiger partial charge in [-0.05, 0) is 29.7 Å². The van der Waals surface area contributed by atoms with Crippen LogP contribution in [-0.4, -0.2) is 44.8 Å². The average molecular weight is 267 g/mol. The van der Waals surface area contributed by atoms with E-state index in [0.717, 1.165) is 5.39 Å². The van der Waals surface area contributed by atoms with E-state index in [2.05, 4.69) is 0 Å². The summed E-state index contributed by atoms with van der Waals surface area (Å²) in [5, 5.41) is 29.6. The molecule has 0 amide bonds. The van der Waals surface area contributed by atoms with Gasteiger partial charge in [-0.15, -0.1) is 0 Å². The molecule has 102 valence electrons. The number of benzene rings is 1. The van der Waals surface area contributed by atoms with Crippen molar-refractivity contribution in [2.75, 3.05) is 6.61 Å². The summed E-state index contributed by atoms with van der Waals surface area (Å²) in [6, 6.07) is 6.08. The van der Waals surface area contributed by atoms with Crippen molar-refractivity contribution in [3.63, 3.8) is 0 Å². The third-order valence-electron chi connectivity index (χ3n) is 3.48. The van der Waals surface area contributed by atoms with Crippen molar-refractivity contribution in [3.05, 3.63) is 36.3 Å². The van der Waals surface area contributed by atoms with Crippen LogP contribution in [-0.2, 0) is 4.74 Å². The monoisotopic (exact) mass is 267 g/mol. The molecule has 1 saturated heterocycles. The zero-order valence-corrected chi connectivity index (χ0v) is 9.98. The molecule has 2 heterocycles. The second-order valence-electron chi connectivity index (χ2n) is 4.66. The van der Waals surface area contributed by atoms with Crippen LogP contribution in [0.5, 0.6) is 0 Å². The van der Waals surface area contributed by atoms with Crippen molar-refractivity contribution in [1.29, 1.82) is 0 Å². The second-order valence-corrected chi connectivity index (χ2v) is 4.66. The summed E-state index contributed by atoms with van der Waals surface area (Å²) in [5.74, 6) is -0.390. The lowest BCUT2D eigenvalue weighted by molar-refractivity contribution is -0.0506. The lowest BCUT2D eigenvalue weighted by Gasteiger charge is -2.17. The molecule has 4 unspecified atom stereocenters. The highest BCUT2D eigenvalue weighted by Gasteiger charge is 2.43. The highest BCUT2D eigenvalue weighted by molar-refractivity contribution is 5.80. The van der Waals surface area contributed by atoms with Gasteiger partial charge in [-0.1, -0.05) is 0 Å². The number of nitrogens with zero attached hydrogens (tertiary/aromatic N) is 1. The molecule has 3 rings (SSSR count). The molecule has 3 N–H and O–H groups in total. The van der Waals surface area contributed by atoms with Gasteiger partial charge in [0.25, 0.3) is 0 Å². The topological polar surface area (TPSA) is 74.9 Å². The van der Waals surface area contributed by atoms with Crippen LogP contribution in [0.15, 0.2) is 30.5 Å². The number of fused-ring (bicyclic) bond motifs is 1.